The maximum absolute atomic E-state index is 12.6. The molecule has 0 spiro atoms. The Morgan fingerprint density at radius 1 is 1.38 bits per heavy atom. The molecule has 0 saturated carbocycles. The Morgan fingerprint density at radius 3 is 2.79 bits per heavy atom. The third kappa shape index (κ3) is 3.55. The highest BCUT2D eigenvalue weighted by Gasteiger charge is 2.30. The van der Waals surface area contributed by atoms with Gasteiger partial charge in [-0.1, -0.05) is 6.92 Å². The fraction of sp³-hybridized carbons (Fsp3) is 0.294. The number of aromatic nitrogens is 2. The van der Waals surface area contributed by atoms with Crippen molar-refractivity contribution in [3.63, 3.8) is 0 Å². The van der Waals surface area contributed by atoms with Gasteiger partial charge in [0.25, 0.3) is 5.91 Å². The highest BCUT2D eigenvalue weighted by Crippen LogP contribution is 2.29. The number of nitrogens with one attached hydrogen (secondary N) is 1. The number of rotatable bonds is 3. The van der Waals surface area contributed by atoms with Gasteiger partial charge in [-0.15, -0.1) is 0 Å². The average Bonchev–Trinajstić information content (AvgIpc) is 2.54. The molecule has 0 radical (unpaired) electrons. The zero-order valence-corrected chi connectivity index (χ0v) is 15.6. The van der Waals surface area contributed by atoms with E-state index in [2.05, 4.69) is 44.8 Å². The Hall–Kier alpha value is -2.03. The van der Waals surface area contributed by atoms with Crippen molar-refractivity contribution in [3.05, 3.63) is 50.9 Å². The van der Waals surface area contributed by atoms with Crippen molar-refractivity contribution in [2.24, 2.45) is 0 Å². The summed E-state index contributed by atoms with van der Waals surface area (Å²) in [6.07, 6.45) is 3.27. The van der Waals surface area contributed by atoms with E-state index in [1.807, 2.05) is 25.1 Å². The fourth-order valence-electron chi connectivity index (χ4n) is 2.75. The summed E-state index contributed by atoms with van der Waals surface area (Å²) in [6.45, 7) is 4.45. The van der Waals surface area contributed by atoms with E-state index in [0.717, 1.165) is 14.7 Å². The summed E-state index contributed by atoms with van der Waals surface area (Å²) < 4.78 is 1.11. The van der Waals surface area contributed by atoms with E-state index in [9.17, 15) is 9.59 Å². The first kappa shape index (κ1) is 16.8. The topological polar surface area (TPSA) is 75.2 Å². The maximum Gasteiger partial charge on any atom is 0.254 e. The van der Waals surface area contributed by atoms with Crippen molar-refractivity contribution in [1.82, 2.24) is 14.9 Å². The minimum atomic E-state index is -0.298. The van der Waals surface area contributed by atoms with Gasteiger partial charge in [0.05, 0.1) is 0 Å². The van der Waals surface area contributed by atoms with E-state index < -0.39 is 0 Å². The Balaban J connectivity index is 1.71. The molecule has 3 rings (SSSR count). The predicted molar refractivity (Wildman–Crippen MR) is 98.9 cm³/mol. The van der Waals surface area contributed by atoms with Gasteiger partial charge in [0, 0.05) is 28.1 Å². The standard InChI is InChI=1S/C17H17IN4O2/c1-10-6-19-17(20-7-10)21-15(23)9-22-8-11(2)14-5-12(18)3-4-13(14)16(22)24/h3-7,11H,8-9H2,1-2H3,(H,19,20,21,23)/t11-/m0/s1. The molecular weight excluding hydrogens is 419 g/mol. The Morgan fingerprint density at radius 2 is 2.08 bits per heavy atom. The Labute approximate surface area is 153 Å². The zero-order valence-electron chi connectivity index (χ0n) is 13.4. The van der Waals surface area contributed by atoms with Crippen molar-refractivity contribution < 1.29 is 9.59 Å². The van der Waals surface area contributed by atoms with Gasteiger partial charge >= 0.3 is 0 Å². The van der Waals surface area contributed by atoms with E-state index in [0.29, 0.717) is 12.1 Å². The van der Waals surface area contributed by atoms with E-state index in [-0.39, 0.29) is 30.2 Å². The first-order valence-corrected chi connectivity index (χ1v) is 8.69. The molecule has 2 heterocycles. The minimum Gasteiger partial charge on any atom is -0.329 e. The molecular formula is C17H17IN4O2. The van der Waals surface area contributed by atoms with Crippen LogP contribution in [0.3, 0.4) is 0 Å². The van der Waals surface area contributed by atoms with Gasteiger partial charge in [0.2, 0.25) is 11.9 Å². The van der Waals surface area contributed by atoms with Crippen LogP contribution in [-0.2, 0) is 4.79 Å². The summed E-state index contributed by atoms with van der Waals surface area (Å²) in [7, 11) is 0. The van der Waals surface area contributed by atoms with Gasteiger partial charge in [-0.05, 0) is 64.8 Å². The van der Waals surface area contributed by atoms with Crippen LogP contribution < -0.4 is 5.32 Å². The third-order valence-electron chi connectivity index (χ3n) is 3.92. The summed E-state index contributed by atoms with van der Waals surface area (Å²) in [6, 6.07) is 5.78. The Bertz CT molecular complexity index is 792. The molecule has 1 aliphatic heterocycles. The molecule has 0 fully saturated rings. The Kier molecular flexibility index (Phi) is 4.79. The quantitative estimate of drug-likeness (QED) is 0.751. The minimum absolute atomic E-state index is 0.00810. The van der Waals surface area contributed by atoms with Crippen LogP contribution in [0.2, 0.25) is 0 Å². The SMILES string of the molecule is Cc1cnc(NC(=O)CN2C[C@H](C)c3cc(I)ccc3C2=O)nc1. The normalized spacial score (nSPS) is 16.7. The molecule has 7 heteroatoms. The number of fused-ring (bicyclic) bond motifs is 1. The second-order valence-electron chi connectivity index (χ2n) is 5.95. The van der Waals surface area contributed by atoms with Crippen molar-refractivity contribution in [3.8, 4) is 0 Å². The molecule has 1 aliphatic rings. The molecule has 124 valence electrons. The van der Waals surface area contributed by atoms with E-state index in [1.54, 1.807) is 17.3 Å². The van der Waals surface area contributed by atoms with E-state index in [4.69, 9.17) is 0 Å². The van der Waals surface area contributed by atoms with Crippen LogP contribution in [0.5, 0.6) is 0 Å². The molecule has 24 heavy (non-hydrogen) atoms. The van der Waals surface area contributed by atoms with Crippen LogP contribution in [0, 0.1) is 10.5 Å². The van der Waals surface area contributed by atoms with Gasteiger partial charge in [-0.3, -0.25) is 14.9 Å². The lowest BCUT2D eigenvalue weighted by molar-refractivity contribution is -0.117. The first-order valence-electron chi connectivity index (χ1n) is 7.61. The molecule has 0 saturated heterocycles. The number of carbonyl (C=O) groups excluding carboxylic acids is 2. The molecule has 2 aromatic rings. The summed E-state index contributed by atoms with van der Waals surface area (Å²) in [5.74, 6) is 0.0294. The number of aryl methyl sites for hydroxylation is 1. The van der Waals surface area contributed by atoms with Gasteiger partial charge in [-0.25, -0.2) is 9.97 Å². The highest BCUT2D eigenvalue weighted by molar-refractivity contribution is 14.1. The van der Waals surface area contributed by atoms with Crippen molar-refractivity contribution in [2.75, 3.05) is 18.4 Å². The smallest absolute Gasteiger partial charge is 0.254 e. The van der Waals surface area contributed by atoms with Crippen LogP contribution in [0.15, 0.2) is 30.6 Å². The van der Waals surface area contributed by atoms with E-state index in [1.165, 1.54) is 0 Å². The second kappa shape index (κ2) is 6.84. The first-order chi connectivity index (χ1) is 11.4. The van der Waals surface area contributed by atoms with Crippen LogP contribution >= 0.6 is 22.6 Å². The largest absolute Gasteiger partial charge is 0.329 e. The number of anilines is 1. The number of benzene rings is 1. The van der Waals surface area contributed by atoms with E-state index >= 15 is 0 Å². The van der Waals surface area contributed by atoms with Crippen LogP contribution in [-0.4, -0.2) is 39.8 Å². The molecule has 1 atom stereocenters. The van der Waals surface area contributed by atoms with Gasteiger partial charge in [0.1, 0.15) is 6.54 Å². The number of hydrogen-bond donors (Lipinski definition) is 1. The average molecular weight is 436 g/mol. The molecule has 1 aromatic carbocycles. The van der Waals surface area contributed by atoms with Gasteiger partial charge in [-0.2, -0.15) is 0 Å². The van der Waals surface area contributed by atoms with Crippen molar-refractivity contribution >= 4 is 40.4 Å². The molecule has 0 aliphatic carbocycles. The summed E-state index contributed by atoms with van der Waals surface area (Å²) in [5, 5.41) is 2.63. The summed E-state index contributed by atoms with van der Waals surface area (Å²) >= 11 is 2.24. The van der Waals surface area contributed by atoms with Crippen LogP contribution in [0.4, 0.5) is 5.95 Å². The number of nitrogens with zero attached hydrogens (tertiary/aromatic N) is 3. The number of amides is 2. The predicted octanol–water partition coefficient (Wildman–Crippen LogP) is 2.59. The molecule has 1 N–H and O–H groups in total. The number of halogens is 1. The second-order valence-corrected chi connectivity index (χ2v) is 7.20. The lowest BCUT2D eigenvalue weighted by Crippen LogP contribution is -2.43. The lowest BCUT2D eigenvalue weighted by Gasteiger charge is -2.32. The molecule has 6 nitrogen and oxygen atoms in total. The maximum atomic E-state index is 12.6. The van der Waals surface area contributed by atoms with Crippen LogP contribution in [0.25, 0.3) is 0 Å². The van der Waals surface area contributed by atoms with Gasteiger partial charge in [0.15, 0.2) is 0 Å². The lowest BCUT2D eigenvalue weighted by atomic mass is 9.90. The summed E-state index contributed by atoms with van der Waals surface area (Å²) in [4.78, 5) is 34.5. The highest BCUT2D eigenvalue weighted by atomic mass is 127. The van der Waals surface area contributed by atoms with Crippen LogP contribution in [0.1, 0.15) is 34.3 Å². The van der Waals surface area contributed by atoms with Gasteiger partial charge < -0.3 is 4.90 Å². The molecule has 1 aromatic heterocycles. The molecule has 0 bridgehead atoms. The fourth-order valence-corrected chi connectivity index (χ4v) is 3.26. The summed E-state index contributed by atoms with van der Waals surface area (Å²) in [5.41, 5.74) is 2.64. The molecule has 2 amide bonds. The monoisotopic (exact) mass is 436 g/mol. The van der Waals surface area contributed by atoms with Crippen molar-refractivity contribution in [1.29, 1.82) is 0 Å². The van der Waals surface area contributed by atoms with Crippen molar-refractivity contribution in [2.45, 2.75) is 19.8 Å². The zero-order chi connectivity index (χ0) is 17.3. The molecule has 0 unspecified atom stereocenters. The number of hydrogen-bond acceptors (Lipinski definition) is 4. The number of carbonyl (C=O) groups is 2. The third-order valence-corrected chi connectivity index (χ3v) is 4.59.